The van der Waals surface area contributed by atoms with E-state index in [2.05, 4.69) is 59.9 Å². The minimum absolute atomic E-state index is 0.0575. The van der Waals surface area contributed by atoms with Gasteiger partial charge < -0.3 is 10.4 Å². The Balaban J connectivity index is 1.53. The number of aliphatic hydroxyl groups is 1. The Kier molecular flexibility index (Phi) is 5.47. The van der Waals surface area contributed by atoms with Crippen molar-refractivity contribution in [3.8, 4) is 0 Å². The number of carbonyl (C=O) groups excluding carboxylic acids is 1. The zero-order valence-corrected chi connectivity index (χ0v) is 17.7. The Morgan fingerprint density at radius 3 is 2.06 bits per heavy atom. The molecule has 0 fully saturated rings. The molecule has 158 valence electrons. The molecule has 2 N–H and O–H groups in total. The maximum Gasteiger partial charge on any atom is 0.255 e. The number of aliphatic hydroxyl groups excluding tert-OH is 1. The van der Waals surface area contributed by atoms with Crippen LogP contribution in [-0.2, 0) is 4.79 Å². The third-order valence-electron chi connectivity index (χ3n) is 6.41. The second-order valence-corrected chi connectivity index (χ2v) is 8.40. The fourth-order valence-corrected chi connectivity index (χ4v) is 4.80. The van der Waals surface area contributed by atoms with E-state index in [0.29, 0.717) is 12.0 Å². The van der Waals surface area contributed by atoms with Gasteiger partial charge in [-0.25, -0.2) is 0 Å². The summed E-state index contributed by atoms with van der Waals surface area (Å²) < 4.78 is 0. The van der Waals surface area contributed by atoms with Gasteiger partial charge in [0.05, 0.1) is 5.57 Å². The molecule has 32 heavy (non-hydrogen) atoms. The Bertz CT molecular complexity index is 1210. The van der Waals surface area contributed by atoms with Gasteiger partial charge in [-0.15, -0.1) is 0 Å². The van der Waals surface area contributed by atoms with E-state index in [-0.39, 0.29) is 23.5 Å². The van der Waals surface area contributed by atoms with E-state index in [1.54, 1.807) is 6.08 Å². The smallest absolute Gasteiger partial charge is 0.255 e. The predicted molar refractivity (Wildman–Crippen MR) is 129 cm³/mol. The van der Waals surface area contributed by atoms with E-state index >= 15 is 0 Å². The number of para-hydroxylation sites is 1. The highest BCUT2D eigenvalue weighted by molar-refractivity contribution is 6.04. The van der Waals surface area contributed by atoms with Crippen molar-refractivity contribution >= 4 is 17.2 Å². The molecule has 3 aromatic carbocycles. The van der Waals surface area contributed by atoms with Crippen LogP contribution in [-0.4, -0.2) is 11.0 Å². The number of allylic oxidation sites excluding steroid dienone is 4. The van der Waals surface area contributed by atoms with Crippen molar-refractivity contribution in [2.75, 3.05) is 5.32 Å². The second-order valence-electron chi connectivity index (χ2n) is 8.40. The third-order valence-corrected chi connectivity index (χ3v) is 6.41. The molecule has 0 radical (unpaired) electrons. The molecule has 2 atom stereocenters. The molecule has 3 aromatic rings. The minimum Gasteiger partial charge on any atom is -0.507 e. The van der Waals surface area contributed by atoms with Gasteiger partial charge in [0.1, 0.15) is 5.76 Å². The number of carbonyl (C=O) groups is 1. The van der Waals surface area contributed by atoms with E-state index in [1.807, 2.05) is 42.5 Å². The Labute approximate surface area is 188 Å². The van der Waals surface area contributed by atoms with Crippen LogP contribution in [0.2, 0.25) is 0 Å². The van der Waals surface area contributed by atoms with E-state index in [9.17, 15) is 9.90 Å². The van der Waals surface area contributed by atoms with Gasteiger partial charge in [-0.2, -0.15) is 0 Å². The first-order valence-electron chi connectivity index (χ1n) is 11.0. The lowest BCUT2D eigenvalue weighted by atomic mass is 9.68. The number of fused-ring (bicyclic) bond motifs is 1. The van der Waals surface area contributed by atoms with Gasteiger partial charge >= 0.3 is 0 Å². The first-order valence-corrected chi connectivity index (χ1v) is 11.0. The number of benzene rings is 3. The van der Waals surface area contributed by atoms with Crippen molar-refractivity contribution in [3.05, 3.63) is 131 Å². The molecule has 0 spiro atoms. The molecule has 2 aliphatic rings. The molecule has 0 aliphatic heterocycles. The van der Waals surface area contributed by atoms with Crippen LogP contribution >= 0.6 is 0 Å². The van der Waals surface area contributed by atoms with Crippen molar-refractivity contribution < 1.29 is 9.90 Å². The molecule has 3 heteroatoms. The lowest BCUT2D eigenvalue weighted by Crippen LogP contribution is -2.27. The van der Waals surface area contributed by atoms with E-state index < -0.39 is 0 Å². The predicted octanol–water partition coefficient (Wildman–Crippen LogP) is 6.65. The molecule has 2 unspecified atom stereocenters. The molecular weight excluding hydrogens is 394 g/mol. The molecule has 3 nitrogen and oxygen atoms in total. The van der Waals surface area contributed by atoms with Crippen LogP contribution in [0.1, 0.15) is 29.9 Å². The summed E-state index contributed by atoms with van der Waals surface area (Å²) in [6.07, 6.45) is 5.38. The Morgan fingerprint density at radius 2 is 1.38 bits per heavy atom. The quantitative estimate of drug-likeness (QED) is 0.497. The van der Waals surface area contributed by atoms with Gasteiger partial charge in [-0.1, -0.05) is 84.9 Å². The Morgan fingerprint density at radius 1 is 0.750 bits per heavy atom. The molecule has 2 aliphatic carbocycles. The zero-order valence-electron chi connectivity index (χ0n) is 17.7. The van der Waals surface area contributed by atoms with Gasteiger partial charge in [0.15, 0.2) is 0 Å². The lowest BCUT2D eigenvalue weighted by Gasteiger charge is -2.36. The van der Waals surface area contributed by atoms with Gasteiger partial charge in [0.2, 0.25) is 0 Å². The molecule has 0 saturated heterocycles. The molecule has 0 saturated carbocycles. The highest BCUT2D eigenvalue weighted by atomic mass is 16.3. The number of rotatable bonds is 4. The van der Waals surface area contributed by atoms with Crippen LogP contribution in [0.5, 0.6) is 0 Å². The maximum atomic E-state index is 13.0. The second kappa shape index (κ2) is 8.72. The van der Waals surface area contributed by atoms with Crippen LogP contribution in [0.4, 0.5) is 5.69 Å². The van der Waals surface area contributed by atoms with Gasteiger partial charge in [-0.3, -0.25) is 4.79 Å². The molecule has 1 amide bonds. The molecule has 5 rings (SSSR count). The average Bonchev–Trinajstić information content (AvgIpc) is 2.84. The van der Waals surface area contributed by atoms with Crippen molar-refractivity contribution in [2.24, 2.45) is 5.92 Å². The summed E-state index contributed by atoms with van der Waals surface area (Å²) in [4.78, 5) is 13.0. The molecule has 0 heterocycles. The van der Waals surface area contributed by atoms with Crippen LogP contribution in [0.25, 0.3) is 5.57 Å². The topological polar surface area (TPSA) is 49.3 Å². The summed E-state index contributed by atoms with van der Waals surface area (Å²) >= 11 is 0. The number of hydrogen-bond donors (Lipinski definition) is 2. The normalized spacial score (nSPS) is 20.1. The summed E-state index contributed by atoms with van der Waals surface area (Å²) in [6.45, 7) is 0. The average molecular weight is 420 g/mol. The van der Waals surface area contributed by atoms with E-state index in [4.69, 9.17) is 0 Å². The van der Waals surface area contributed by atoms with Crippen LogP contribution in [0.3, 0.4) is 0 Å². The number of nitrogens with one attached hydrogen (secondary N) is 1. The van der Waals surface area contributed by atoms with Gasteiger partial charge in [0.25, 0.3) is 5.91 Å². The van der Waals surface area contributed by atoms with Crippen molar-refractivity contribution in [3.63, 3.8) is 0 Å². The van der Waals surface area contributed by atoms with Crippen molar-refractivity contribution in [1.29, 1.82) is 0 Å². The van der Waals surface area contributed by atoms with Crippen molar-refractivity contribution in [2.45, 2.75) is 18.8 Å². The first-order chi connectivity index (χ1) is 15.7. The largest absolute Gasteiger partial charge is 0.507 e. The summed E-state index contributed by atoms with van der Waals surface area (Å²) in [7, 11) is 0. The summed E-state index contributed by atoms with van der Waals surface area (Å²) in [5, 5.41) is 13.7. The third kappa shape index (κ3) is 4.02. The van der Waals surface area contributed by atoms with E-state index in [1.165, 1.54) is 16.7 Å². The fraction of sp³-hybridized carbons (Fsp3) is 0.138. The number of amides is 1. The molecule has 0 aromatic heterocycles. The van der Waals surface area contributed by atoms with E-state index in [0.717, 1.165) is 17.7 Å². The summed E-state index contributed by atoms with van der Waals surface area (Å²) in [5.41, 5.74) is 5.96. The maximum absolute atomic E-state index is 13.0. The number of anilines is 1. The molecular formula is C29H25NO2. The molecule has 0 bridgehead atoms. The fourth-order valence-electron chi connectivity index (χ4n) is 4.80. The lowest BCUT2D eigenvalue weighted by molar-refractivity contribution is -0.113. The minimum atomic E-state index is -0.242. The van der Waals surface area contributed by atoms with Gasteiger partial charge in [-0.05, 0) is 65.2 Å². The number of hydrogen-bond acceptors (Lipinski definition) is 2. The standard InChI is InChI=1S/C29H25NO2/c31-28-18-23-16-22(20-10-4-1-5-11-20)17-25(21-12-6-2-7-13-21)26(23)19-27(28)29(32)30-24-14-8-3-9-15-24/h1-16,18,25-26,31H,17,19H2,(H,30,32). The summed E-state index contributed by atoms with van der Waals surface area (Å²) in [6, 6.07) is 30.3. The highest BCUT2D eigenvalue weighted by Crippen LogP contribution is 2.48. The summed E-state index contributed by atoms with van der Waals surface area (Å²) in [5.74, 6) is 0.184. The van der Waals surface area contributed by atoms with Crippen LogP contribution in [0, 0.1) is 5.92 Å². The SMILES string of the molecule is O=C(Nc1ccccc1)C1=C(O)C=C2C=C(c3ccccc3)CC(c3ccccc3)C2C1. The monoisotopic (exact) mass is 419 g/mol. The Hall–Kier alpha value is -3.85. The first kappa shape index (κ1) is 20.1. The van der Waals surface area contributed by atoms with Crippen LogP contribution in [0.15, 0.2) is 120 Å². The van der Waals surface area contributed by atoms with Crippen molar-refractivity contribution in [1.82, 2.24) is 0 Å². The van der Waals surface area contributed by atoms with Crippen LogP contribution < -0.4 is 5.32 Å². The zero-order chi connectivity index (χ0) is 21.9. The van der Waals surface area contributed by atoms with Gasteiger partial charge in [0, 0.05) is 5.69 Å². The highest BCUT2D eigenvalue weighted by Gasteiger charge is 2.36.